The number of carbonyl (C=O) groups is 2. The highest BCUT2D eigenvalue weighted by atomic mass is 16.7. The molecule has 2 aliphatic rings. The summed E-state index contributed by atoms with van der Waals surface area (Å²) in [7, 11) is 4.24. The van der Waals surface area contributed by atoms with Crippen LogP contribution in [0.5, 0.6) is 0 Å². The van der Waals surface area contributed by atoms with Gasteiger partial charge in [0.25, 0.3) is 0 Å². The Morgan fingerprint density at radius 1 is 1.35 bits per heavy atom. The van der Waals surface area contributed by atoms with Gasteiger partial charge < -0.3 is 14.2 Å². The Kier molecular flexibility index (Phi) is 3.05. The van der Waals surface area contributed by atoms with E-state index in [1.165, 1.54) is 21.3 Å². The van der Waals surface area contributed by atoms with Crippen molar-refractivity contribution in [3.63, 3.8) is 0 Å². The Labute approximate surface area is 99.7 Å². The molecule has 1 fully saturated rings. The number of esters is 1. The van der Waals surface area contributed by atoms with Crippen molar-refractivity contribution in [3.8, 4) is 0 Å². The van der Waals surface area contributed by atoms with Gasteiger partial charge in [-0.1, -0.05) is 6.08 Å². The summed E-state index contributed by atoms with van der Waals surface area (Å²) >= 11 is 0. The molecule has 0 aromatic rings. The van der Waals surface area contributed by atoms with Crippen LogP contribution in [-0.4, -0.2) is 38.9 Å². The van der Waals surface area contributed by atoms with Crippen molar-refractivity contribution in [1.29, 1.82) is 0 Å². The molecule has 1 saturated carbocycles. The minimum absolute atomic E-state index is 0.0809. The van der Waals surface area contributed by atoms with Gasteiger partial charge in [-0.05, 0) is 12.8 Å². The maximum Gasteiger partial charge on any atom is 0.333 e. The van der Waals surface area contributed by atoms with Gasteiger partial charge in [0.15, 0.2) is 5.78 Å². The molecule has 0 aromatic heterocycles. The van der Waals surface area contributed by atoms with E-state index in [2.05, 4.69) is 4.74 Å². The second kappa shape index (κ2) is 4.23. The Hall–Kier alpha value is -1.20. The van der Waals surface area contributed by atoms with Crippen LogP contribution in [-0.2, 0) is 23.8 Å². The predicted octanol–water partition coefficient (Wildman–Crippen LogP) is 0.684. The predicted molar refractivity (Wildman–Crippen MR) is 58.1 cm³/mol. The van der Waals surface area contributed by atoms with Crippen molar-refractivity contribution >= 4 is 11.8 Å². The maximum absolute atomic E-state index is 12.2. The first-order valence-corrected chi connectivity index (χ1v) is 5.52. The topological polar surface area (TPSA) is 61.8 Å². The van der Waals surface area contributed by atoms with Crippen molar-refractivity contribution in [3.05, 3.63) is 11.6 Å². The minimum atomic E-state index is -1.22. The van der Waals surface area contributed by atoms with E-state index >= 15 is 0 Å². The number of carbonyl (C=O) groups excluding carboxylic acids is 2. The quantitative estimate of drug-likeness (QED) is 0.536. The van der Waals surface area contributed by atoms with Crippen LogP contribution in [0.15, 0.2) is 11.6 Å². The molecular weight excluding hydrogens is 224 g/mol. The molecule has 0 heterocycles. The van der Waals surface area contributed by atoms with Gasteiger partial charge >= 0.3 is 5.97 Å². The standard InChI is InChI=1S/C12H16O5/c1-15-11(14)8-4-7-5-9(6-8)12(16-2,17-3)10(7)13/h6-7,9H,4-5H2,1-3H3/t7-,9-/m1/s1. The van der Waals surface area contributed by atoms with Crippen molar-refractivity contribution in [2.75, 3.05) is 21.3 Å². The molecule has 17 heavy (non-hydrogen) atoms. The van der Waals surface area contributed by atoms with E-state index < -0.39 is 5.79 Å². The molecule has 5 heteroatoms. The highest BCUT2D eigenvalue weighted by Gasteiger charge is 2.57. The number of hydrogen-bond acceptors (Lipinski definition) is 5. The van der Waals surface area contributed by atoms with Gasteiger partial charge in [0.2, 0.25) is 5.79 Å². The molecule has 0 spiro atoms. The first-order valence-electron chi connectivity index (χ1n) is 5.52. The number of rotatable bonds is 3. The van der Waals surface area contributed by atoms with E-state index in [1.54, 1.807) is 6.08 Å². The number of methoxy groups -OCH3 is 3. The van der Waals surface area contributed by atoms with Gasteiger partial charge in [0.05, 0.1) is 7.11 Å². The average Bonchev–Trinajstić information content (AvgIpc) is 2.57. The van der Waals surface area contributed by atoms with Crippen LogP contribution < -0.4 is 0 Å². The van der Waals surface area contributed by atoms with Crippen LogP contribution in [0.25, 0.3) is 0 Å². The Balaban J connectivity index is 2.36. The molecular formula is C12H16O5. The number of fused-ring (bicyclic) bond motifs is 2. The molecule has 0 saturated heterocycles. The average molecular weight is 240 g/mol. The normalized spacial score (nSPS) is 30.1. The molecule has 0 aromatic carbocycles. The third-order valence-corrected chi connectivity index (χ3v) is 3.66. The largest absolute Gasteiger partial charge is 0.466 e. The van der Waals surface area contributed by atoms with Crippen LogP contribution in [0, 0.1) is 11.8 Å². The third-order valence-electron chi connectivity index (χ3n) is 3.66. The van der Waals surface area contributed by atoms with E-state index in [9.17, 15) is 9.59 Å². The van der Waals surface area contributed by atoms with E-state index in [1.807, 2.05) is 0 Å². The highest BCUT2D eigenvalue weighted by Crippen LogP contribution is 2.47. The summed E-state index contributed by atoms with van der Waals surface area (Å²) in [6.07, 6.45) is 2.83. The van der Waals surface area contributed by atoms with Crippen molar-refractivity contribution < 1.29 is 23.8 Å². The Bertz CT molecular complexity index is 380. The Morgan fingerprint density at radius 2 is 2.00 bits per heavy atom. The number of ketones is 1. The minimum Gasteiger partial charge on any atom is -0.466 e. The first kappa shape index (κ1) is 12.3. The lowest BCUT2D eigenvalue weighted by molar-refractivity contribution is -0.213. The van der Waals surface area contributed by atoms with Gasteiger partial charge in [-0.2, -0.15) is 0 Å². The molecule has 5 nitrogen and oxygen atoms in total. The fourth-order valence-electron chi connectivity index (χ4n) is 2.84. The van der Waals surface area contributed by atoms with Crippen molar-refractivity contribution in [1.82, 2.24) is 0 Å². The van der Waals surface area contributed by atoms with Gasteiger partial charge in [-0.3, -0.25) is 4.79 Å². The zero-order valence-corrected chi connectivity index (χ0v) is 10.2. The smallest absolute Gasteiger partial charge is 0.333 e. The summed E-state index contributed by atoms with van der Waals surface area (Å²) < 4.78 is 15.2. The molecule has 0 amide bonds. The van der Waals surface area contributed by atoms with E-state index in [-0.39, 0.29) is 23.6 Å². The van der Waals surface area contributed by atoms with Crippen LogP contribution >= 0.6 is 0 Å². The molecule has 0 aliphatic heterocycles. The molecule has 0 unspecified atom stereocenters. The van der Waals surface area contributed by atoms with E-state index in [0.29, 0.717) is 18.4 Å². The lowest BCUT2D eigenvalue weighted by Gasteiger charge is -2.29. The third kappa shape index (κ3) is 1.61. The van der Waals surface area contributed by atoms with Gasteiger partial charge in [-0.15, -0.1) is 0 Å². The first-order chi connectivity index (χ1) is 8.08. The monoisotopic (exact) mass is 240 g/mol. The summed E-state index contributed by atoms with van der Waals surface area (Å²) in [6, 6.07) is 0. The summed E-state index contributed by atoms with van der Waals surface area (Å²) in [4.78, 5) is 23.7. The summed E-state index contributed by atoms with van der Waals surface area (Å²) in [6.45, 7) is 0. The number of ether oxygens (including phenoxy) is 3. The van der Waals surface area contributed by atoms with Crippen LogP contribution in [0.2, 0.25) is 0 Å². The van der Waals surface area contributed by atoms with E-state index in [4.69, 9.17) is 9.47 Å². The van der Waals surface area contributed by atoms with Crippen molar-refractivity contribution in [2.24, 2.45) is 11.8 Å². The van der Waals surface area contributed by atoms with Gasteiger partial charge in [-0.25, -0.2) is 4.79 Å². The van der Waals surface area contributed by atoms with Crippen LogP contribution in [0.4, 0.5) is 0 Å². The molecule has 0 N–H and O–H groups in total. The number of Topliss-reactive ketones (excluding diaryl/α,β-unsaturated/α-hetero) is 1. The van der Waals surface area contributed by atoms with Crippen LogP contribution in [0.3, 0.4) is 0 Å². The highest BCUT2D eigenvalue weighted by molar-refractivity contribution is 5.96. The lowest BCUT2D eigenvalue weighted by atomic mass is 9.89. The molecule has 0 radical (unpaired) electrons. The van der Waals surface area contributed by atoms with Crippen molar-refractivity contribution in [2.45, 2.75) is 18.6 Å². The second-order valence-electron chi connectivity index (χ2n) is 4.37. The molecule has 2 atom stereocenters. The second-order valence-corrected chi connectivity index (χ2v) is 4.37. The number of hydrogen-bond donors (Lipinski definition) is 0. The molecule has 2 bridgehead atoms. The van der Waals surface area contributed by atoms with Crippen LogP contribution in [0.1, 0.15) is 12.8 Å². The Morgan fingerprint density at radius 3 is 2.53 bits per heavy atom. The SMILES string of the molecule is COC(=O)C1=C[C@H]2C[C@@H](C1)C(=O)C2(OC)OC. The summed E-state index contributed by atoms with van der Waals surface area (Å²) in [5, 5.41) is 0. The maximum atomic E-state index is 12.2. The summed E-state index contributed by atoms with van der Waals surface area (Å²) in [5.41, 5.74) is 0.540. The summed E-state index contributed by atoms with van der Waals surface area (Å²) in [5.74, 6) is -2.10. The lowest BCUT2D eigenvalue weighted by Crippen LogP contribution is -2.44. The molecule has 2 rings (SSSR count). The zero-order valence-electron chi connectivity index (χ0n) is 10.2. The van der Waals surface area contributed by atoms with Gasteiger partial charge in [0.1, 0.15) is 0 Å². The van der Waals surface area contributed by atoms with E-state index in [0.717, 1.165) is 0 Å². The van der Waals surface area contributed by atoms with Gasteiger partial charge in [0, 0.05) is 31.6 Å². The molecule has 2 aliphatic carbocycles. The zero-order chi connectivity index (χ0) is 12.6. The fraction of sp³-hybridized carbons (Fsp3) is 0.667. The molecule has 94 valence electrons. The fourth-order valence-corrected chi connectivity index (χ4v) is 2.84.